The van der Waals surface area contributed by atoms with Crippen LogP contribution in [0.15, 0.2) is 0 Å². The number of hydrogen-bond acceptors (Lipinski definition) is 0. The van der Waals surface area contributed by atoms with Crippen molar-refractivity contribution in [1.29, 1.82) is 0 Å². The van der Waals surface area contributed by atoms with E-state index in [0.29, 0.717) is 0 Å². The predicted molar refractivity (Wildman–Crippen MR) is 59.2 cm³/mol. The van der Waals surface area contributed by atoms with Gasteiger partial charge in [0, 0.05) is 0 Å². The van der Waals surface area contributed by atoms with Gasteiger partial charge >= 0.3 is 0 Å². The molecule has 0 rings (SSSR count). The molecule has 0 radical (unpaired) electrons. The minimum Gasteiger partial charge on any atom is -0.141 e. The second-order valence-electron chi connectivity index (χ2n) is 3.24. The third-order valence-corrected chi connectivity index (χ3v) is 1.64. The fourth-order valence-electron chi connectivity index (χ4n) is 0.979. The SMILES string of the molecule is CCCCCCC(C)C.CP. The van der Waals surface area contributed by atoms with Crippen molar-refractivity contribution in [3.05, 3.63) is 0 Å². The Hall–Kier alpha value is 0.430. The molecule has 0 saturated heterocycles. The average Bonchev–Trinajstić information content (AvgIpc) is 2.02. The summed E-state index contributed by atoms with van der Waals surface area (Å²) in [5, 5.41) is 0. The summed E-state index contributed by atoms with van der Waals surface area (Å²) in [4.78, 5) is 0. The van der Waals surface area contributed by atoms with E-state index in [2.05, 4.69) is 30.0 Å². The zero-order valence-electron chi connectivity index (χ0n) is 8.69. The number of hydrogen-bond donors (Lipinski definition) is 0. The molecule has 0 fully saturated rings. The van der Waals surface area contributed by atoms with Crippen molar-refractivity contribution in [2.45, 2.75) is 52.9 Å². The zero-order chi connectivity index (χ0) is 9.11. The molecule has 0 aromatic heterocycles. The standard InChI is InChI=1S/C9H20.CH5P/c1-4-5-6-7-8-9(2)3;1-2/h9H,4-8H2,1-3H3;2H2,1H3. The molecule has 0 nitrogen and oxygen atoms in total. The van der Waals surface area contributed by atoms with Crippen LogP contribution in [0, 0.1) is 5.92 Å². The molecule has 0 aliphatic carbocycles. The van der Waals surface area contributed by atoms with Crippen molar-refractivity contribution in [2.75, 3.05) is 6.66 Å². The fourth-order valence-corrected chi connectivity index (χ4v) is 0.979. The van der Waals surface area contributed by atoms with E-state index in [0.717, 1.165) is 5.92 Å². The summed E-state index contributed by atoms with van der Waals surface area (Å²) in [5.74, 6) is 0.904. The lowest BCUT2D eigenvalue weighted by Crippen LogP contribution is -1.86. The number of rotatable bonds is 5. The number of unbranched alkanes of at least 4 members (excludes halogenated alkanes) is 3. The summed E-state index contributed by atoms with van der Waals surface area (Å²) in [6.07, 6.45) is 7.07. The van der Waals surface area contributed by atoms with Crippen LogP contribution in [0.4, 0.5) is 0 Å². The van der Waals surface area contributed by atoms with Gasteiger partial charge in [-0.05, 0) is 5.92 Å². The van der Waals surface area contributed by atoms with E-state index in [9.17, 15) is 0 Å². The van der Waals surface area contributed by atoms with Gasteiger partial charge in [0.05, 0.1) is 0 Å². The lowest BCUT2D eigenvalue weighted by atomic mass is 10.1. The maximum atomic E-state index is 2.42. The van der Waals surface area contributed by atoms with Crippen LogP contribution in [0.3, 0.4) is 0 Å². The zero-order valence-corrected chi connectivity index (χ0v) is 9.84. The molecule has 0 bridgehead atoms. The molecule has 0 amide bonds. The van der Waals surface area contributed by atoms with Crippen molar-refractivity contribution in [3.63, 3.8) is 0 Å². The molecule has 0 aliphatic heterocycles. The Morgan fingerprint density at radius 2 is 1.55 bits per heavy atom. The smallest absolute Gasteiger partial charge is 0.0471 e. The molecule has 0 heterocycles. The van der Waals surface area contributed by atoms with E-state index < -0.39 is 0 Å². The molecule has 1 unspecified atom stereocenters. The van der Waals surface area contributed by atoms with Gasteiger partial charge in [-0.2, -0.15) is 0 Å². The summed E-state index contributed by atoms with van der Waals surface area (Å²) in [6.45, 7) is 8.77. The summed E-state index contributed by atoms with van der Waals surface area (Å²) in [7, 11) is 2.42. The summed E-state index contributed by atoms with van der Waals surface area (Å²) < 4.78 is 0. The summed E-state index contributed by atoms with van der Waals surface area (Å²) >= 11 is 0. The van der Waals surface area contributed by atoms with E-state index in [1.807, 2.05) is 6.66 Å². The maximum Gasteiger partial charge on any atom is -0.0471 e. The molecule has 0 saturated carbocycles. The predicted octanol–water partition coefficient (Wildman–Crippen LogP) is 4.10. The first kappa shape index (κ1) is 14.0. The molecule has 0 spiro atoms. The molecule has 0 N–H and O–H groups in total. The van der Waals surface area contributed by atoms with Crippen molar-refractivity contribution in [2.24, 2.45) is 5.92 Å². The van der Waals surface area contributed by atoms with Gasteiger partial charge in [0.15, 0.2) is 0 Å². The first-order chi connectivity index (χ1) is 5.27. The van der Waals surface area contributed by atoms with Crippen molar-refractivity contribution in [3.8, 4) is 0 Å². The largest absolute Gasteiger partial charge is 0.141 e. The highest BCUT2D eigenvalue weighted by atomic mass is 31.0. The van der Waals surface area contributed by atoms with E-state index in [-0.39, 0.29) is 0 Å². The molecule has 11 heavy (non-hydrogen) atoms. The molecule has 0 aliphatic rings. The van der Waals surface area contributed by atoms with E-state index in [1.165, 1.54) is 32.1 Å². The summed E-state index contributed by atoms with van der Waals surface area (Å²) in [6, 6.07) is 0. The second kappa shape index (κ2) is 13.1. The van der Waals surface area contributed by atoms with Crippen LogP contribution >= 0.6 is 9.24 Å². The van der Waals surface area contributed by atoms with E-state index >= 15 is 0 Å². The highest BCUT2D eigenvalue weighted by Crippen LogP contribution is 2.08. The van der Waals surface area contributed by atoms with Crippen LogP contribution in [-0.4, -0.2) is 6.66 Å². The highest BCUT2D eigenvalue weighted by Gasteiger charge is 1.91. The lowest BCUT2D eigenvalue weighted by Gasteiger charge is -2.01. The highest BCUT2D eigenvalue weighted by molar-refractivity contribution is 7.15. The topological polar surface area (TPSA) is 0 Å². The van der Waals surface area contributed by atoms with Gasteiger partial charge in [-0.25, -0.2) is 0 Å². The van der Waals surface area contributed by atoms with Crippen LogP contribution < -0.4 is 0 Å². The van der Waals surface area contributed by atoms with Crippen LogP contribution in [0.5, 0.6) is 0 Å². The Morgan fingerprint density at radius 1 is 1.00 bits per heavy atom. The Labute approximate surface area is 75.4 Å². The molecular formula is C10H25P. The van der Waals surface area contributed by atoms with Crippen LogP contribution in [0.25, 0.3) is 0 Å². The van der Waals surface area contributed by atoms with Crippen LogP contribution in [0.2, 0.25) is 0 Å². The van der Waals surface area contributed by atoms with Crippen LogP contribution in [0.1, 0.15) is 52.9 Å². The monoisotopic (exact) mass is 176 g/mol. The first-order valence-corrected chi connectivity index (χ1v) is 6.00. The minimum atomic E-state index is 0.904. The molecule has 1 atom stereocenters. The van der Waals surface area contributed by atoms with Gasteiger partial charge < -0.3 is 0 Å². The van der Waals surface area contributed by atoms with Gasteiger partial charge in [0.1, 0.15) is 0 Å². The van der Waals surface area contributed by atoms with Gasteiger partial charge in [-0.1, -0.05) is 59.5 Å². The Balaban J connectivity index is 0. The summed E-state index contributed by atoms with van der Waals surface area (Å²) in [5.41, 5.74) is 0. The third-order valence-electron chi connectivity index (χ3n) is 1.64. The average molecular weight is 176 g/mol. The van der Waals surface area contributed by atoms with Crippen molar-refractivity contribution < 1.29 is 0 Å². The first-order valence-electron chi connectivity index (χ1n) is 4.85. The fraction of sp³-hybridized carbons (Fsp3) is 1.00. The maximum absolute atomic E-state index is 2.42. The molecule has 0 aromatic rings. The molecule has 0 aromatic carbocycles. The second-order valence-corrected chi connectivity index (χ2v) is 3.24. The van der Waals surface area contributed by atoms with Gasteiger partial charge in [-0.15, -0.1) is 9.24 Å². The Kier molecular flexibility index (Phi) is 16.6. The lowest BCUT2D eigenvalue weighted by molar-refractivity contribution is 0.525. The quantitative estimate of drug-likeness (QED) is 0.437. The van der Waals surface area contributed by atoms with E-state index in [1.54, 1.807) is 0 Å². The third kappa shape index (κ3) is 17.9. The van der Waals surface area contributed by atoms with Gasteiger partial charge in [0.25, 0.3) is 0 Å². The van der Waals surface area contributed by atoms with Gasteiger partial charge in [0.2, 0.25) is 0 Å². The Morgan fingerprint density at radius 3 is 1.91 bits per heavy atom. The van der Waals surface area contributed by atoms with Crippen molar-refractivity contribution in [1.82, 2.24) is 0 Å². The normalized spacial score (nSPS) is 9.27. The van der Waals surface area contributed by atoms with Gasteiger partial charge in [-0.3, -0.25) is 0 Å². The van der Waals surface area contributed by atoms with E-state index in [4.69, 9.17) is 0 Å². The van der Waals surface area contributed by atoms with Crippen molar-refractivity contribution >= 4 is 9.24 Å². The molecular weight excluding hydrogens is 151 g/mol. The minimum absolute atomic E-state index is 0.904. The molecule has 70 valence electrons. The Bertz CT molecular complexity index is 50.8. The van der Waals surface area contributed by atoms with Crippen LogP contribution in [-0.2, 0) is 0 Å². The molecule has 1 heteroatoms.